The summed E-state index contributed by atoms with van der Waals surface area (Å²) in [5.41, 5.74) is 1.09. The maximum Gasteiger partial charge on any atom is 0.138 e. The van der Waals surface area contributed by atoms with Gasteiger partial charge in [-0.1, -0.05) is 35.5 Å². The summed E-state index contributed by atoms with van der Waals surface area (Å²) < 4.78 is 0. The molecule has 0 saturated heterocycles. The number of hydrogen-bond acceptors (Lipinski definition) is 3. The fraction of sp³-hybridized carbons (Fsp3) is 0.111. The van der Waals surface area contributed by atoms with Gasteiger partial charge in [0.25, 0.3) is 0 Å². The summed E-state index contributed by atoms with van der Waals surface area (Å²) in [6.45, 7) is 0.473. The average molecular weight is 366 g/mol. The molecule has 0 atom stereocenters. The second-order valence-corrected chi connectivity index (χ2v) is 2.50. The summed E-state index contributed by atoms with van der Waals surface area (Å²) in [5, 5.41) is 7.19. The van der Waals surface area contributed by atoms with Gasteiger partial charge in [0.2, 0.25) is 0 Å². The molecule has 0 radical (unpaired) electrons. The van der Waals surface area contributed by atoms with E-state index in [1.165, 1.54) is 25.8 Å². The molecule has 0 unspecified atom stereocenters. The molecule has 0 saturated carbocycles. The molecule has 4 nitrogen and oxygen atoms in total. The second kappa shape index (κ2) is 7.76. The van der Waals surface area contributed by atoms with Gasteiger partial charge in [-0.25, -0.2) is 0 Å². The maximum absolute atomic E-state index is 5.22. The summed E-state index contributed by atoms with van der Waals surface area (Å²) in [6, 6.07) is 9.85. The fourth-order valence-corrected chi connectivity index (χ4v) is 0.947. The Morgan fingerprint density at radius 2 is 2.07 bits per heavy atom. The number of hydrogen-bond donors (Lipinski definition) is 0. The van der Waals surface area contributed by atoms with Crippen molar-refractivity contribution in [3.05, 3.63) is 48.3 Å². The smallest absolute Gasteiger partial charge is 0.138 e. The van der Waals surface area contributed by atoms with Crippen molar-refractivity contribution in [2.24, 2.45) is 0 Å². The Labute approximate surface area is 109 Å². The Morgan fingerprint density at radius 1 is 1.33 bits per heavy atom. The number of benzene rings is 1. The van der Waals surface area contributed by atoms with Crippen LogP contribution in [0.2, 0.25) is 0 Å². The molecular weight excluding hydrogens is 358 g/mol. The van der Waals surface area contributed by atoms with E-state index in [0.29, 0.717) is 6.61 Å². The van der Waals surface area contributed by atoms with E-state index in [9.17, 15) is 0 Å². The Hall–Kier alpha value is -0.487. The van der Waals surface area contributed by atoms with Crippen LogP contribution in [0.25, 0.3) is 0 Å². The summed E-state index contributed by atoms with van der Waals surface area (Å²) in [6.07, 6.45) is 4.13. The van der Waals surface area contributed by atoms with Crippen LogP contribution in [0.5, 0.6) is 0 Å². The first-order valence-electron chi connectivity index (χ1n) is 4.17. The van der Waals surface area contributed by atoms with Gasteiger partial charge in [0.05, 0.1) is 0 Å². The van der Waals surface area contributed by atoms with Crippen molar-refractivity contribution in [3.8, 4) is 0 Å². The molecule has 2 aromatic rings. The van der Waals surface area contributed by atoms with Crippen LogP contribution in [0, 0.1) is 6.20 Å². The molecule has 1 aromatic heterocycles. The molecule has 0 bridgehead atoms. The Bertz CT molecular complexity index is 355. The van der Waals surface area contributed by atoms with E-state index in [0.717, 1.165) is 5.56 Å². The minimum absolute atomic E-state index is 0.473. The first-order valence-corrected chi connectivity index (χ1v) is 13.2. The third kappa shape index (κ3) is 4.70. The topological polar surface area (TPSA) is 39.9 Å². The van der Waals surface area contributed by atoms with Crippen molar-refractivity contribution in [1.29, 1.82) is 0 Å². The third-order valence-electron chi connectivity index (χ3n) is 1.56. The van der Waals surface area contributed by atoms with E-state index in [-0.39, 0.29) is 0 Å². The Kier molecular flexibility index (Phi) is 6.51. The van der Waals surface area contributed by atoms with E-state index >= 15 is 0 Å². The molecule has 0 aliphatic rings. The number of rotatable bonds is 3. The predicted molar refractivity (Wildman–Crippen MR) is 59.6 cm³/mol. The van der Waals surface area contributed by atoms with Gasteiger partial charge < -0.3 is 11.0 Å². The second-order valence-electron chi connectivity index (χ2n) is 2.50. The zero-order chi connectivity index (χ0) is 10.9. The van der Waals surface area contributed by atoms with E-state index in [1.54, 1.807) is 0 Å². The molecule has 1 heterocycles. The molecule has 0 aliphatic heterocycles. The van der Waals surface area contributed by atoms with Crippen molar-refractivity contribution < 1.29 is 19.6 Å². The molecular formula is C9H8IN3OZn. The fourth-order valence-electron chi connectivity index (χ4n) is 0.947. The molecule has 1 aromatic carbocycles. The van der Waals surface area contributed by atoms with Crippen molar-refractivity contribution in [1.82, 2.24) is 15.2 Å². The van der Waals surface area contributed by atoms with Gasteiger partial charge in [0.1, 0.15) is 6.61 Å². The Balaban J connectivity index is 0.000000531. The zero-order valence-corrected chi connectivity index (χ0v) is 13.1. The molecule has 0 spiro atoms. The van der Waals surface area contributed by atoms with E-state index in [2.05, 4.69) is 36.3 Å². The van der Waals surface area contributed by atoms with Crippen LogP contribution in [0.4, 0.5) is 0 Å². The Morgan fingerprint density at radius 3 is 2.67 bits per heavy atom. The standard InChI is InChI=1S/C9H8N3O.HI.Zn/c1-2-4-9(5-3-1)8-13-12-7-6-10-11-12;;/h1-6H,8H2;1H;/q-1;;+2/p-1. The monoisotopic (exact) mass is 365 g/mol. The van der Waals surface area contributed by atoms with Gasteiger partial charge in [-0.3, -0.25) is 4.85 Å². The SMILES string of the molecule is [Zn+][I].[c-]1cnnn1OCc1ccccc1. The van der Waals surface area contributed by atoms with Gasteiger partial charge in [0.15, 0.2) is 0 Å². The molecule has 6 heteroatoms. The van der Waals surface area contributed by atoms with Crippen LogP contribution in [0.3, 0.4) is 0 Å². The first kappa shape index (κ1) is 12.6. The molecule has 0 N–H and O–H groups in total. The molecule has 0 fully saturated rings. The third-order valence-corrected chi connectivity index (χ3v) is 1.56. The van der Waals surface area contributed by atoms with E-state index in [1.807, 2.05) is 30.3 Å². The minimum Gasteiger partial charge on any atom is -0.425 e. The van der Waals surface area contributed by atoms with Crippen LogP contribution >= 0.6 is 19.8 Å². The summed E-state index contributed by atoms with van der Waals surface area (Å²) in [5.74, 6) is 0. The van der Waals surface area contributed by atoms with Crippen LogP contribution in [0.15, 0.2) is 36.5 Å². The van der Waals surface area contributed by atoms with Gasteiger partial charge in [-0.15, -0.1) is 6.20 Å². The zero-order valence-electron chi connectivity index (χ0n) is 8.01. The molecule has 2 rings (SSSR count). The number of nitrogens with zero attached hydrogens (tertiary/aromatic N) is 3. The molecule has 15 heavy (non-hydrogen) atoms. The van der Waals surface area contributed by atoms with Gasteiger partial charge in [-0.05, 0) is 5.56 Å². The number of aromatic nitrogens is 3. The van der Waals surface area contributed by atoms with Crippen LogP contribution < -0.4 is 4.84 Å². The molecule has 0 amide bonds. The average Bonchev–Trinajstić information content (AvgIpc) is 2.83. The number of halogens is 1. The molecule has 74 valence electrons. The van der Waals surface area contributed by atoms with Crippen molar-refractivity contribution in [2.45, 2.75) is 6.61 Å². The van der Waals surface area contributed by atoms with Gasteiger partial charge in [0, 0.05) is 0 Å². The maximum atomic E-state index is 5.22. The minimum atomic E-state index is 0.473. The summed E-state index contributed by atoms with van der Waals surface area (Å²) in [4.78, 5) is 6.43. The summed E-state index contributed by atoms with van der Waals surface area (Å²) in [7, 11) is 0. The van der Waals surface area contributed by atoms with E-state index in [4.69, 9.17) is 4.84 Å². The van der Waals surface area contributed by atoms with Crippen LogP contribution in [-0.4, -0.2) is 15.2 Å². The quantitative estimate of drug-likeness (QED) is 0.471. The van der Waals surface area contributed by atoms with Gasteiger partial charge in [-0.2, -0.15) is 5.10 Å². The van der Waals surface area contributed by atoms with Crippen molar-refractivity contribution in [2.75, 3.05) is 0 Å². The first-order chi connectivity index (χ1) is 7.45. The molecule has 0 aliphatic carbocycles. The van der Waals surface area contributed by atoms with Gasteiger partial charge >= 0.3 is 34.5 Å². The van der Waals surface area contributed by atoms with Crippen LogP contribution in [0.1, 0.15) is 5.56 Å². The summed E-state index contributed by atoms with van der Waals surface area (Å²) >= 11 is 3.62. The van der Waals surface area contributed by atoms with Crippen LogP contribution in [-0.2, 0) is 21.4 Å². The predicted octanol–water partition coefficient (Wildman–Crippen LogP) is 1.59. The van der Waals surface area contributed by atoms with Crippen molar-refractivity contribution in [3.63, 3.8) is 0 Å². The van der Waals surface area contributed by atoms with Crippen molar-refractivity contribution >= 4 is 19.8 Å². The van der Waals surface area contributed by atoms with E-state index < -0.39 is 0 Å². The normalized spacial score (nSPS) is 9.00. The largest absolute Gasteiger partial charge is 0.425 e.